The molecule has 45 heavy (non-hydrogen) atoms. The van der Waals surface area contributed by atoms with Crippen molar-refractivity contribution in [3.05, 3.63) is 77.6 Å². The van der Waals surface area contributed by atoms with Crippen LogP contribution in [0.2, 0.25) is 0 Å². The van der Waals surface area contributed by atoms with Gasteiger partial charge in [0.1, 0.15) is 11.6 Å². The predicted octanol–water partition coefficient (Wildman–Crippen LogP) is 6.23. The Bertz CT molecular complexity index is 1640. The number of benzene rings is 2. The van der Waals surface area contributed by atoms with Crippen LogP contribution in [-0.4, -0.2) is 82.8 Å². The predicted molar refractivity (Wildman–Crippen MR) is 180 cm³/mol. The summed E-state index contributed by atoms with van der Waals surface area (Å²) < 4.78 is 5.47. The average Bonchev–Trinajstić information content (AvgIpc) is 3.05. The van der Waals surface area contributed by atoms with Crippen LogP contribution < -0.4 is 10.6 Å². The van der Waals surface area contributed by atoms with Crippen LogP contribution in [0.3, 0.4) is 0 Å². The van der Waals surface area contributed by atoms with E-state index in [1.165, 1.54) is 22.4 Å². The molecule has 0 bridgehead atoms. The number of carbonyl (C=O) groups is 1. The number of hydrogen-bond donors (Lipinski definition) is 3. The van der Waals surface area contributed by atoms with Crippen molar-refractivity contribution in [1.29, 1.82) is 0 Å². The van der Waals surface area contributed by atoms with Gasteiger partial charge in [0, 0.05) is 55.3 Å². The van der Waals surface area contributed by atoms with Gasteiger partial charge >= 0.3 is 5.97 Å². The lowest BCUT2D eigenvalue weighted by Crippen LogP contribution is -2.44. The Morgan fingerprint density at radius 2 is 1.73 bits per heavy atom. The second-order valence-electron chi connectivity index (χ2n) is 12.2. The van der Waals surface area contributed by atoms with Gasteiger partial charge in [-0.3, -0.25) is 19.6 Å². The summed E-state index contributed by atoms with van der Waals surface area (Å²) in [5.74, 6) is -0.0394. The van der Waals surface area contributed by atoms with Crippen LogP contribution in [0.25, 0.3) is 22.0 Å². The van der Waals surface area contributed by atoms with Gasteiger partial charge < -0.3 is 20.5 Å². The van der Waals surface area contributed by atoms with Crippen molar-refractivity contribution in [3.8, 4) is 11.1 Å². The number of carboxylic acids is 1. The number of hydrogen-bond acceptors (Lipinski definition) is 8. The molecule has 0 amide bonds. The highest BCUT2D eigenvalue weighted by atomic mass is 16.5. The summed E-state index contributed by atoms with van der Waals surface area (Å²) in [5, 5.41) is 17.9. The zero-order valence-electron chi connectivity index (χ0n) is 26.4. The molecule has 2 aliphatic heterocycles. The number of carboxylic acid groups (broad SMARTS) is 1. The van der Waals surface area contributed by atoms with Gasteiger partial charge in [-0.1, -0.05) is 30.7 Å². The molecular weight excluding hydrogens is 564 g/mol. The number of pyridine rings is 2. The van der Waals surface area contributed by atoms with Gasteiger partial charge in [0.2, 0.25) is 0 Å². The maximum Gasteiger partial charge on any atom is 0.320 e. The standard InChI is InChI=1S/C36H44N6O3/c1-25-29(8-5-10-31(25)37-14-7-16-41-18-20-45-21-19-41)30-9-6-11-32(26(30)2)40-35-34-28(13-15-38-35)22-27(23-39-34)24-42-17-4-3-12-33(42)36(43)44/h5-6,8-11,13,15,22-23,33,37H,3-4,7,12,14,16-21,24H2,1-2H3,(H,38,40)(H,43,44). The molecule has 236 valence electrons. The van der Waals surface area contributed by atoms with Crippen molar-refractivity contribution in [2.24, 2.45) is 0 Å². The Balaban J connectivity index is 1.17. The number of nitrogens with zero attached hydrogens (tertiary/aromatic N) is 4. The number of ether oxygens (including phenoxy) is 1. The summed E-state index contributed by atoms with van der Waals surface area (Å²) in [7, 11) is 0. The first-order valence-corrected chi connectivity index (χ1v) is 16.2. The van der Waals surface area contributed by atoms with Crippen LogP contribution in [0.4, 0.5) is 17.2 Å². The summed E-state index contributed by atoms with van der Waals surface area (Å²) >= 11 is 0. The van der Waals surface area contributed by atoms with E-state index in [2.05, 4.69) is 81.7 Å². The van der Waals surface area contributed by atoms with Gasteiger partial charge in [-0.15, -0.1) is 0 Å². The Labute approximate surface area is 265 Å². The molecule has 2 fully saturated rings. The first-order chi connectivity index (χ1) is 22.0. The second-order valence-corrected chi connectivity index (χ2v) is 12.2. The van der Waals surface area contributed by atoms with Crippen molar-refractivity contribution in [1.82, 2.24) is 19.8 Å². The minimum absolute atomic E-state index is 0.431. The van der Waals surface area contributed by atoms with Crippen molar-refractivity contribution in [2.45, 2.75) is 52.1 Å². The van der Waals surface area contributed by atoms with Gasteiger partial charge in [0.25, 0.3) is 0 Å². The monoisotopic (exact) mass is 608 g/mol. The minimum atomic E-state index is -0.741. The maximum absolute atomic E-state index is 11.8. The van der Waals surface area contributed by atoms with Crippen molar-refractivity contribution in [2.75, 3.05) is 56.6 Å². The van der Waals surface area contributed by atoms with Gasteiger partial charge in [0.15, 0.2) is 5.82 Å². The number of fused-ring (bicyclic) bond motifs is 1. The summed E-state index contributed by atoms with van der Waals surface area (Å²) in [6.45, 7) is 11.5. The molecule has 0 radical (unpaired) electrons. The van der Waals surface area contributed by atoms with Gasteiger partial charge in [0.05, 0.1) is 13.2 Å². The third kappa shape index (κ3) is 7.27. The molecule has 1 atom stereocenters. The molecule has 9 heteroatoms. The molecule has 2 aromatic carbocycles. The first-order valence-electron chi connectivity index (χ1n) is 16.2. The van der Waals surface area contributed by atoms with E-state index >= 15 is 0 Å². The first kappa shape index (κ1) is 31.0. The molecule has 0 saturated carbocycles. The van der Waals surface area contributed by atoms with Crippen LogP contribution in [0.15, 0.2) is 60.9 Å². The Morgan fingerprint density at radius 3 is 2.51 bits per heavy atom. The quantitative estimate of drug-likeness (QED) is 0.171. The summed E-state index contributed by atoms with van der Waals surface area (Å²) in [6.07, 6.45) is 7.43. The van der Waals surface area contributed by atoms with E-state index in [-0.39, 0.29) is 0 Å². The maximum atomic E-state index is 11.8. The molecule has 3 N–H and O–H groups in total. The number of anilines is 3. The third-order valence-electron chi connectivity index (χ3n) is 9.22. The zero-order chi connectivity index (χ0) is 31.2. The van der Waals surface area contributed by atoms with Crippen molar-refractivity contribution >= 4 is 34.1 Å². The summed E-state index contributed by atoms with van der Waals surface area (Å²) in [4.78, 5) is 25.8. The molecule has 2 aliphatic rings. The minimum Gasteiger partial charge on any atom is -0.480 e. The van der Waals surface area contributed by atoms with E-state index in [0.717, 1.165) is 92.9 Å². The molecule has 0 aliphatic carbocycles. The molecule has 4 aromatic rings. The Morgan fingerprint density at radius 1 is 0.978 bits per heavy atom. The molecule has 2 aromatic heterocycles. The summed E-state index contributed by atoms with van der Waals surface area (Å²) in [5.41, 5.74) is 8.72. The van der Waals surface area contributed by atoms with Gasteiger partial charge in [-0.2, -0.15) is 0 Å². The number of likely N-dealkylation sites (tertiary alicyclic amines) is 1. The van der Waals surface area contributed by atoms with E-state index in [0.29, 0.717) is 18.8 Å². The lowest BCUT2D eigenvalue weighted by Gasteiger charge is -2.32. The van der Waals surface area contributed by atoms with Crippen molar-refractivity contribution in [3.63, 3.8) is 0 Å². The molecule has 6 rings (SSSR count). The zero-order valence-corrected chi connectivity index (χ0v) is 26.4. The fourth-order valence-corrected chi connectivity index (χ4v) is 6.64. The highest BCUT2D eigenvalue weighted by Crippen LogP contribution is 2.35. The fourth-order valence-electron chi connectivity index (χ4n) is 6.64. The van der Waals surface area contributed by atoms with Crippen LogP contribution in [0.5, 0.6) is 0 Å². The number of aliphatic carboxylic acids is 1. The van der Waals surface area contributed by atoms with E-state index in [1.807, 2.05) is 12.3 Å². The molecule has 1 unspecified atom stereocenters. The van der Waals surface area contributed by atoms with Crippen LogP contribution >= 0.6 is 0 Å². The van der Waals surface area contributed by atoms with E-state index < -0.39 is 12.0 Å². The van der Waals surface area contributed by atoms with Crippen LogP contribution in [0.1, 0.15) is 42.4 Å². The Kier molecular flexibility index (Phi) is 9.88. The normalized spacial score (nSPS) is 17.8. The highest BCUT2D eigenvalue weighted by molar-refractivity contribution is 5.91. The smallest absolute Gasteiger partial charge is 0.320 e. The SMILES string of the molecule is Cc1c(NCCCN2CCOCC2)cccc1-c1cccc(Nc2nccc3cc(CN4CCCCC4C(=O)O)cnc23)c1C. The lowest BCUT2D eigenvalue weighted by molar-refractivity contribution is -0.144. The average molecular weight is 609 g/mol. The number of nitrogens with one attached hydrogen (secondary N) is 2. The number of aromatic nitrogens is 2. The van der Waals surface area contributed by atoms with E-state index in [4.69, 9.17) is 9.72 Å². The number of rotatable bonds is 11. The highest BCUT2D eigenvalue weighted by Gasteiger charge is 2.28. The molecule has 0 spiro atoms. The van der Waals surface area contributed by atoms with Crippen LogP contribution in [0, 0.1) is 13.8 Å². The fraction of sp³-hybridized carbons (Fsp3) is 0.417. The molecule has 2 saturated heterocycles. The molecular formula is C36H44N6O3. The van der Waals surface area contributed by atoms with Crippen molar-refractivity contribution < 1.29 is 14.6 Å². The number of piperidine rings is 1. The largest absolute Gasteiger partial charge is 0.480 e. The van der Waals surface area contributed by atoms with E-state index in [9.17, 15) is 9.90 Å². The van der Waals surface area contributed by atoms with E-state index in [1.54, 1.807) is 6.20 Å². The van der Waals surface area contributed by atoms with Crippen LogP contribution in [-0.2, 0) is 16.1 Å². The second kappa shape index (κ2) is 14.4. The molecule has 9 nitrogen and oxygen atoms in total. The third-order valence-corrected chi connectivity index (χ3v) is 9.22. The molecule has 4 heterocycles. The topological polar surface area (TPSA) is 103 Å². The summed E-state index contributed by atoms with van der Waals surface area (Å²) in [6, 6.07) is 16.5. The Hall–Kier alpha value is -4.05. The lowest BCUT2D eigenvalue weighted by atomic mass is 9.94. The van der Waals surface area contributed by atoms with Gasteiger partial charge in [-0.25, -0.2) is 4.98 Å². The van der Waals surface area contributed by atoms with Gasteiger partial charge in [-0.05, 0) is 98.3 Å². The number of morpholine rings is 1.